The van der Waals surface area contributed by atoms with Crippen molar-refractivity contribution in [3.63, 3.8) is 0 Å². The van der Waals surface area contributed by atoms with Crippen molar-refractivity contribution in [2.75, 3.05) is 0 Å². The van der Waals surface area contributed by atoms with Crippen LogP contribution >= 0.6 is 23.2 Å². The molecule has 0 bridgehead atoms. The summed E-state index contributed by atoms with van der Waals surface area (Å²) in [5.74, 6) is -0.245. The highest BCUT2D eigenvalue weighted by molar-refractivity contribution is 6.42. The Balaban J connectivity index is 2.14. The Morgan fingerprint density at radius 1 is 1.19 bits per heavy atom. The Morgan fingerprint density at radius 2 is 1.95 bits per heavy atom. The number of nitriles is 1. The van der Waals surface area contributed by atoms with E-state index in [1.54, 1.807) is 36.4 Å². The van der Waals surface area contributed by atoms with Gasteiger partial charge in [0.25, 0.3) is 5.91 Å². The molecule has 1 N–H and O–H groups in total. The first-order valence-electron chi connectivity index (χ1n) is 6.27. The van der Waals surface area contributed by atoms with E-state index in [2.05, 4.69) is 5.32 Å². The number of halogens is 2. The third-order valence-electron chi connectivity index (χ3n) is 3.05. The minimum absolute atomic E-state index is 0.224. The second-order valence-corrected chi connectivity index (χ2v) is 5.38. The third-order valence-corrected chi connectivity index (χ3v) is 3.78. The van der Waals surface area contributed by atoms with Crippen LogP contribution in [0.1, 0.15) is 34.5 Å². The van der Waals surface area contributed by atoms with Crippen molar-refractivity contribution < 1.29 is 4.79 Å². The molecule has 0 aromatic heterocycles. The molecule has 106 valence electrons. The molecule has 1 amide bonds. The minimum atomic E-state index is -0.245. The van der Waals surface area contributed by atoms with E-state index in [4.69, 9.17) is 28.5 Å². The minimum Gasteiger partial charge on any atom is -0.346 e. The SMILES string of the molecule is C[C@H](NC(=O)c1cccc(C#N)c1)c1ccc(Cl)c(Cl)c1. The summed E-state index contributed by atoms with van der Waals surface area (Å²) in [5, 5.41) is 12.6. The summed E-state index contributed by atoms with van der Waals surface area (Å²) in [7, 11) is 0. The van der Waals surface area contributed by atoms with Gasteiger partial charge in [0.15, 0.2) is 0 Å². The van der Waals surface area contributed by atoms with Crippen LogP contribution in [0.2, 0.25) is 10.0 Å². The summed E-state index contributed by atoms with van der Waals surface area (Å²) in [6, 6.07) is 13.6. The van der Waals surface area contributed by atoms with Crippen LogP contribution in [0.15, 0.2) is 42.5 Å². The number of hydrogen-bond acceptors (Lipinski definition) is 2. The van der Waals surface area contributed by atoms with E-state index in [0.29, 0.717) is 21.2 Å². The summed E-state index contributed by atoms with van der Waals surface area (Å²) >= 11 is 11.8. The lowest BCUT2D eigenvalue weighted by molar-refractivity contribution is 0.0940. The number of amides is 1. The van der Waals surface area contributed by atoms with Crippen LogP contribution in [0, 0.1) is 11.3 Å². The Kier molecular flexibility index (Phi) is 4.85. The first-order valence-corrected chi connectivity index (χ1v) is 7.03. The normalized spacial score (nSPS) is 11.5. The molecule has 0 radical (unpaired) electrons. The fourth-order valence-corrected chi connectivity index (χ4v) is 2.18. The van der Waals surface area contributed by atoms with Crippen molar-refractivity contribution in [1.29, 1.82) is 5.26 Å². The van der Waals surface area contributed by atoms with Gasteiger partial charge >= 0.3 is 0 Å². The van der Waals surface area contributed by atoms with Crippen molar-refractivity contribution in [3.8, 4) is 6.07 Å². The molecule has 0 spiro atoms. The number of hydrogen-bond donors (Lipinski definition) is 1. The average Bonchev–Trinajstić information content (AvgIpc) is 2.49. The van der Waals surface area contributed by atoms with Gasteiger partial charge in [-0.25, -0.2) is 0 Å². The summed E-state index contributed by atoms with van der Waals surface area (Å²) in [4.78, 5) is 12.2. The molecule has 1 atom stereocenters. The zero-order chi connectivity index (χ0) is 15.4. The van der Waals surface area contributed by atoms with Crippen molar-refractivity contribution in [2.24, 2.45) is 0 Å². The number of nitrogens with zero attached hydrogens (tertiary/aromatic N) is 1. The molecule has 2 rings (SSSR count). The second kappa shape index (κ2) is 6.62. The molecule has 0 aliphatic carbocycles. The van der Waals surface area contributed by atoms with E-state index in [9.17, 15) is 4.79 Å². The van der Waals surface area contributed by atoms with E-state index in [1.807, 2.05) is 19.1 Å². The van der Waals surface area contributed by atoms with Gasteiger partial charge in [-0.1, -0.05) is 35.3 Å². The maximum atomic E-state index is 12.2. The van der Waals surface area contributed by atoms with Gasteiger partial charge in [0.05, 0.1) is 27.7 Å². The average molecular weight is 319 g/mol. The quantitative estimate of drug-likeness (QED) is 0.914. The highest BCUT2D eigenvalue weighted by atomic mass is 35.5. The molecule has 2 aromatic rings. The summed E-state index contributed by atoms with van der Waals surface area (Å²) < 4.78 is 0. The number of rotatable bonds is 3. The van der Waals surface area contributed by atoms with Crippen LogP contribution in [0.3, 0.4) is 0 Å². The zero-order valence-corrected chi connectivity index (χ0v) is 12.7. The smallest absolute Gasteiger partial charge is 0.251 e. The maximum absolute atomic E-state index is 12.2. The summed E-state index contributed by atoms with van der Waals surface area (Å²) in [6.07, 6.45) is 0. The van der Waals surface area contributed by atoms with Crippen LogP contribution in [-0.4, -0.2) is 5.91 Å². The number of benzene rings is 2. The van der Waals surface area contributed by atoms with Crippen LogP contribution < -0.4 is 5.32 Å². The Hall–Kier alpha value is -2.02. The lowest BCUT2D eigenvalue weighted by Crippen LogP contribution is -2.26. The molecule has 0 fully saturated rings. The van der Waals surface area contributed by atoms with Gasteiger partial charge in [0, 0.05) is 5.56 Å². The van der Waals surface area contributed by atoms with E-state index < -0.39 is 0 Å². The van der Waals surface area contributed by atoms with Gasteiger partial charge in [-0.05, 0) is 42.8 Å². The van der Waals surface area contributed by atoms with Gasteiger partial charge < -0.3 is 5.32 Å². The predicted octanol–water partition coefficient (Wildman–Crippen LogP) is 4.36. The summed E-state index contributed by atoms with van der Waals surface area (Å²) in [6.45, 7) is 1.85. The molecule has 0 unspecified atom stereocenters. The number of carbonyl (C=O) groups excluding carboxylic acids is 1. The van der Waals surface area contributed by atoms with E-state index in [1.165, 1.54) is 0 Å². The third kappa shape index (κ3) is 3.75. The first kappa shape index (κ1) is 15.4. The van der Waals surface area contributed by atoms with Gasteiger partial charge in [-0.15, -0.1) is 0 Å². The lowest BCUT2D eigenvalue weighted by atomic mass is 10.1. The second-order valence-electron chi connectivity index (χ2n) is 4.56. The number of nitrogens with one attached hydrogen (secondary N) is 1. The Morgan fingerprint density at radius 3 is 2.62 bits per heavy atom. The van der Waals surface area contributed by atoms with Crippen LogP contribution in [0.4, 0.5) is 0 Å². The van der Waals surface area contributed by atoms with Crippen LogP contribution in [-0.2, 0) is 0 Å². The van der Waals surface area contributed by atoms with Crippen molar-refractivity contribution in [3.05, 3.63) is 69.2 Å². The molecular formula is C16H12Cl2N2O. The van der Waals surface area contributed by atoms with Crippen LogP contribution in [0.5, 0.6) is 0 Å². The van der Waals surface area contributed by atoms with E-state index in [0.717, 1.165) is 5.56 Å². The molecule has 0 saturated carbocycles. The molecule has 5 heteroatoms. The van der Waals surface area contributed by atoms with Crippen molar-refractivity contribution >= 4 is 29.1 Å². The van der Waals surface area contributed by atoms with Gasteiger partial charge in [-0.3, -0.25) is 4.79 Å². The van der Waals surface area contributed by atoms with Crippen molar-refractivity contribution in [2.45, 2.75) is 13.0 Å². The summed E-state index contributed by atoms with van der Waals surface area (Å²) in [5.41, 5.74) is 1.75. The standard InChI is InChI=1S/C16H12Cl2N2O/c1-10(12-5-6-14(17)15(18)8-12)20-16(21)13-4-2-3-11(7-13)9-19/h2-8,10H,1H3,(H,20,21)/t10-/m0/s1. The molecule has 2 aromatic carbocycles. The topological polar surface area (TPSA) is 52.9 Å². The monoisotopic (exact) mass is 318 g/mol. The largest absolute Gasteiger partial charge is 0.346 e. The molecule has 21 heavy (non-hydrogen) atoms. The highest BCUT2D eigenvalue weighted by Gasteiger charge is 2.13. The van der Waals surface area contributed by atoms with Crippen molar-refractivity contribution in [1.82, 2.24) is 5.32 Å². The fourth-order valence-electron chi connectivity index (χ4n) is 1.88. The van der Waals surface area contributed by atoms with Gasteiger partial charge in [-0.2, -0.15) is 5.26 Å². The highest BCUT2D eigenvalue weighted by Crippen LogP contribution is 2.25. The van der Waals surface area contributed by atoms with Gasteiger partial charge in [0.1, 0.15) is 0 Å². The lowest BCUT2D eigenvalue weighted by Gasteiger charge is -2.15. The maximum Gasteiger partial charge on any atom is 0.251 e. The Labute approximate surface area is 133 Å². The molecular weight excluding hydrogens is 307 g/mol. The molecule has 3 nitrogen and oxygen atoms in total. The number of carbonyl (C=O) groups is 1. The van der Waals surface area contributed by atoms with E-state index >= 15 is 0 Å². The van der Waals surface area contributed by atoms with Gasteiger partial charge in [0.2, 0.25) is 0 Å². The molecule has 0 saturated heterocycles. The molecule has 0 heterocycles. The fraction of sp³-hybridized carbons (Fsp3) is 0.125. The Bertz CT molecular complexity index is 722. The van der Waals surface area contributed by atoms with Crippen LogP contribution in [0.25, 0.3) is 0 Å². The molecule has 0 aliphatic rings. The zero-order valence-electron chi connectivity index (χ0n) is 11.2. The predicted molar refractivity (Wildman–Crippen MR) is 83.5 cm³/mol. The first-order chi connectivity index (χ1) is 10.0. The molecule has 0 aliphatic heterocycles. The van der Waals surface area contributed by atoms with E-state index in [-0.39, 0.29) is 11.9 Å².